The number of hydrazone groups is 1. The van der Waals surface area contributed by atoms with Gasteiger partial charge in [-0.3, -0.25) is 4.79 Å². The van der Waals surface area contributed by atoms with Crippen LogP contribution in [0.3, 0.4) is 0 Å². The van der Waals surface area contributed by atoms with Crippen molar-refractivity contribution in [3.63, 3.8) is 0 Å². The fourth-order valence-corrected chi connectivity index (χ4v) is 0.617. The fraction of sp³-hybridized carbons (Fsp3) is 0.143. The van der Waals surface area contributed by atoms with Gasteiger partial charge in [-0.05, 0) is 12.1 Å². The van der Waals surface area contributed by atoms with Crippen LogP contribution in [-0.2, 0) is 4.79 Å². The number of hydrogen-bond donors (Lipinski definition) is 2. The molecule has 0 aliphatic carbocycles. The van der Waals surface area contributed by atoms with Crippen LogP contribution in [0.5, 0.6) is 0 Å². The van der Waals surface area contributed by atoms with Crippen LogP contribution in [-0.4, -0.2) is 17.1 Å². The number of nitrogens with zero attached hydrogens (tertiary/aromatic N) is 1. The Morgan fingerprint density at radius 2 is 2.64 bits per heavy atom. The minimum atomic E-state index is -0.173. The smallest absolute Gasteiger partial charge is 0.236 e. The summed E-state index contributed by atoms with van der Waals surface area (Å²) in [5, 5.41) is 3.66. The molecule has 0 aromatic carbocycles. The lowest BCUT2D eigenvalue weighted by molar-refractivity contribution is -0.118. The number of amides is 1. The van der Waals surface area contributed by atoms with E-state index in [1.165, 1.54) is 6.92 Å². The first-order valence-electron chi connectivity index (χ1n) is 3.22. The first-order valence-corrected chi connectivity index (χ1v) is 3.22. The van der Waals surface area contributed by atoms with Crippen LogP contribution in [0.2, 0.25) is 0 Å². The average molecular weight is 151 g/mol. The Morgan fingerprint density at radius 1 is 1.82 bits per heavy atom. The zero-order valence-electron chi connectivity index (χ0n) is 6.16. The van der Waals surface area contributed by atoms with Gasteiger partial charge in [0.25, 0.3) is 0 Å². The molecule has 11 heavy (non-hydrogen) atoms. The molecule has 4 nitrogen and oxygen atoms in total. The van der Waals surface area contributed by atoms with Gasteiger partial charge in [0.05, 0.1) is 11.9 Å². The van der Waals surface area contributed by atoms with Gasteiger partial charge in [0, 0.05) is 13.1 Å². The van der Waals surface area contributed by atoms with E-state index in [9.17, 15) is 4.79 Å². The van der Waals surface area contributed by atoms with Gasteiger partial charge < -0.3 is 4.98 Å². The molecule has 4 heteroatoms. The second kappa shape index (κ2) is 3.55. The predicted octanol–water partition coefficient (Wildman–Crippen LogP) is 0.485. The van der Waals surface area contributed by atoms with Crippen molar-refractivity contribution in [2.24, 2.45) is 5.10 Å². The van der Waals surface area contributed by atoms with Crippen LogP contribution in [0.25, 0.3) is 0 Å². The molecule has 0 bridgehead atoms. The van der Waals surface area contributed by atoms with Gasteiger partial charge in [0.2, 0.25) is 5.91 Å². The minimum Gasteiger partial charge on any atom is -0.360 e. The Hall–Kier alpha value is -1.58. The number of hydrogen-bond acceptors (Lipinski definition) is 2. The summed E-state index contributed by atoms with van der Waals surface area (Å²) in [4.78, 5) is 13.2. The number of rotatable bonds is 2. The number of nitrogens with one attached hydrogen (secondary N) is 2. The Balaban J connectivity index is 2.43. The Labute approximate surface area is 64.3 Å². The van der Waals surface area contributed by atoms with E-state index in [2.05, 4.69) is 15.5 Å². The Kier molecular flexibility index (Phi) is 2.43. The molecule has 2 N–H and O–H groups in total. The number of aromatic nitrogens is 1. The van der Waals surface area contributed by atoms with E-state index in [-0.39, 0.29) is 5.91 Å². The summed E-state index contributed by atoms with van der Waals surface area (Å²) < 4.78 is 0. The van der Waals surface area contributed by atoms with Crippen LogP contribution in [0.1, 0.15) is 12.6 Å². The van der Waals surface area contributed by atoms with Gasteiger partial charge in [-0.2, -0.15) is 5.10 Å². The van der Waals surface area contributed by atoms with Crippen LogP contribution in [0, 0.1) is 0 Å². The SMILES string of the molecule is CC(=O)NN=Cc1ccc[nH]1. The van der Waals surface area contributed by atoms with Crippen molar-refractivity contribution in [1.82, 2.24) is 10.4 Å². The molecule has 58 valence electrons. The topological polar surface area (TPSA) is 57.2 Å². The normalized spacial score (nSPS) is 10.3. The fourth-order valence-electron chi connectivity index (χ4n) is 0.617. The number of carbonyl (C=O) groups excluding carboxylic acids is 1. The number of H-pyrrole nitrogens is 1. The third kappa shape index (κ3) is 2.66. The molecule has 1 aromatic heterocycles. The van der Waals surface area contributed by atoms with Crippen molar-refractivity contribution in [2.45, 2.75) is 6.92 Å². The highest BCUT2D eigenvalue weighted by molar-refractivity contribution is 5.79. The van der Waals surface area contributed by atoms with Gasteiger partial charge in [0.1, 0.15) is 0 Å². The summed E-state index contributed by atoms with van der Waals surface area (Å²) in [6, 6.07) is 3.71. The zero-order chi connectivity index (χ0) is 8.10. The van der Waals surface area contributed by atoms with Crippen LogP contribution < -0.4 is 5.43 Å². The van der Waals surface area contributed by atoms with Crippen molar-refractivity contribution in [3.8, 4) is 0 Å². The van der Waals surface area contributed by atoms with Crippen molar-refractivity contribution in [2.75, 3.05) is 0 Å². The molecular weight excluding hydrogens is 142 g/mol. The molecule has 0 fully saturated rings. The highest BCUT2D eigenvalue weighted by Gasteiger charge is 1.85. The van der Waals surface area contributed by atoms with Crippen molar-refractivity contribution < 1.29 is 4.79 Å². The molecule has 0 radical (unpaired) electrons. The predicted molar refractivity (Wildman–Crippen MR) is 42.2 cm³/mol. The van der Waals surface area contributed by atoms with E-state index in [1.807, 2.05) is 12.1 Å². The second-order valence-electron chi connectivity index (χ2n) is 2.05. The largest absolute Gasteiger partial charge is 0.360 e. The van der Waals surface area contributed by atoms with Crippen molar-refractivity contribution in [3.05, 3.63) is 24.0 Å². The van der Waals surface area contributed by atoms with Gasteiger partial charge in [-0.15, -0.1) is 0 Å². The third-order valence-electron chi connectivity index (χ3n) is 1.05. The summed E-state index contributed by atoms with van der Waals surface area (Å²) in [6.45, 7) is 1.41. The van der Waals surface area contributed by atoms with Crippen LogP contribution >= 0.6 is 0 Å². The standard InChI is InChI=1S/C7H9N3O/c1-6(11)10-9-5-7-3-2-4-8-7/h2-5,8H,1H3,(H,10,11). The van der Waals surface area contributed by atoms with Crippen LogP contribution in [0.15, 0.2) is 23.4 Å². The van der Waals surface area contributed by atoms with Crippen molar-refractivity contribution >= 4 is 12.1 Å². The first kappa shape index (κ1) is 7.53. The molecule has 0 atom stereocenters. The number of aromatic amines is 1. The Morgan fingerprint density at radius 3 is 3.18 bits per heavy atom. The summed E-state index contributed by atoms with van der Waals surface area (Å²) >= 11 is 0. The zero-order valence-corrected chi connectivity index (χ0v) is 6.16. The third-order valence-corrected chi connectivity index (χ3v) is 1.05. The molecule has 0 aliphatic rings. The van der Waals surface area contributed by atoms with Gasteiger partial charge in [-0.25, -0.2) is 5.43 Å². The monoisotopic (exact) mass is 151 g/mol. The molecule has 0 unspecified atom stereocenters. The van der Waals surface area contributed by atoms with E-state index < -0.39 is 0 Å². The second-order valence-corrected chi connectivity index (χ2v) is 2.05. The lowest BCUT2D eigenvalue weighted by Gasteiger charge is -1.88. The van der Waals surface area contributed by atoms with E-state index in [0.717, 1.165) is 5.69 Å². The quantitative estimate of drug-likeness (QED) is 0.469. The lowest BCUT2D eigenvalue weighted by Crippen LogP contribution is -2.12. The lowest BCUT2D eigenvalue weighted by atomic mass is 10.5. The van der Waals surface area contributed by atoms with E-state index >= 15 is 0 Å². The molecule has 0 saturated carbocycles. The highest BCUT2D eigenvalue weighted by Crippen LogP contribution is 1.87. The first-order chi connectivity index (χ1) is 5.29. The molecule has 1 amide bonds. The maximum Gasteiger partial charge on any atom is 0.236 e. The van der Waals surface area contributed by atoms with E-state index in [1.54, 1.807) is 12.4 Å². The number of carbonyl (C=O) groups is 1. The molecule has 1 rings (SSSR count). The maximum absolute atomic E-state index is 10.3. The molecule has 1 heterocycles. The maximum atomic E-state index is 10.3. The minimum absolute atomic E-state index is 0.173. The van der Waals surface area contributed by atoms with E-state index in [0.29, 0.717) is 0 Å². The molecule has 0 spiro atoms. The highest BCUT2D eigenvalue weighted by atomic mass is 16.2. The average Bonchev–Trinajstić information content (AvgIpc) is 2.39. The summed E-state index contributed by atoms with van der Waals surface area (Å²) in [6.07, 6.45) is 3.33. The van der Waals surface area contributed by atoms with Crippen LogP contribution in [0.4, 0.5) is 0 Å². The van der Waals surface area contributed by atoms with E-state index in [4.69, 9.17) is 0 Å². The molecule has 0 saturated heterocycles. The summed E-state index contributed by atoms with van der Waals surface area (Å²) in [5.74, 6) is -0.173. The molecule has 0 aliphatic heterocycles. The van der Waals surface area contributed by atoms with Gasteiger partial charge in [0.15, 0.2) is 0 Å². The summed E-state index contributed by atoms with van der Waals surface area (Å²) in [7, 11) is 0. The molecule has 1 aromatic rings. The van der Waals surface area contributed by atoms with Gasteiger partial charge >= 0.3 is 0 Å². The Bertz CT molecular complexity index is 251. The molecular formula is C7H9N3O. The van der Waals surface area contributed by atoms with Crippen molar-refractivity contribution in [1.29, 1.82) is 0 Å². The summed E-state index contributed by atoms with van der Waals surface area (Å²) in [5.41, 5.74) is 3.15. The van der Waals surface area contributed by atoms with Gasteiger partial charge in [-0.1, -0.05) is 0 Å².